The lowest BCUT2D eigenvalue weighted by Crippen LogP contribution is -2.44. The van der Waals surface area contributed by atoms with Gasteiger partial charge in [0.2, 0.25) is 0 Å². The van der Waals surface area contributed by atoms with Gasteiger partial charge in [-0.2, -0.15) is 0 Å². The highest BCUT2D eigenvalue weighted by molar-refractivity contribution is 5.70. The zero-order valence-electron chi connectivity index (χ0n) is 64.2. The number of carbonyl (C=O) groups excluding carboxylic acids is 3. The summed E-state index contributed by atoms with van der Waals surface area (Å²) in [6.45, 7) is 4.67. The van der Waals surface area contributed by atoms with Gasteiger partial charge in [-0.1, -0.05) is 367 Å². The maximum Gasteiger partial charge on any atom is 0.306 e. The average molecular weight is 1360 g/mol. The van der Waals surface area contributed by atoms with Gasteiger partial charge in [-0.3, -0.25) is 9.59 Å². The molecule has 560 valence electrons. The highest BCUT2D eigenvalue weighted by Crippen LogP contribution is 2.19. The first-order valence-corrected chi connectivity index (χ1v) is 41.0. The molecule has 0 bridgehead atoms. The molecular formula is C88H155NO8. The molecule has 0 heterocycles. The van der Waals surface area contributed by atoms with E-state index in [4.69, 9.17) is 18.9 Å². The zero-order chi connectivity index (χ0) is 70.4. The number of nitrogens with zero attached hydrogens (tertiary/aromatic N) is 1. The molecule has 0 N–H and O–H groups in total. The Kier molecular flexibility index (Phi) is 74.4. The number of hydrogen-bond donors (Lipinski definition) is 0. The van der Waals surface area contributed by atoms with Crippen molar-refractivity contribution < 1.29 is 42.9 Å². The van der Waals surface area contributed by atoms with E-state index in [1.807, 2.05) is 21.1 Å². The van der Waals surface area contributed by atoms with E-state index < -0.39 is 24.3 Å². The Hall–Kier alpha value is -4.05. The molecule has 0 amide bonds. The quantitative estimate of drug-likeness (QED) is 0.0195. The minimum Gasteiger partial charge on any atom is -0.545 e. The van der Waals surface area contributed by atoms with Crippen molar-refractivity contribution >= 4 is 17.9 Å². The summed E-state index contributed by atoms with van der Waals surface area (Å²) < 4.78 is 22.9. The third-order valence-electron chi connectivity index (χ3n) is 18.0. The van der Waals surface area contributed by atoms with E-state index in [2.05, 4.69) is 123 Å². The predicted molar refractivity (Wildman–Crippen MR) is 417 cm³/mol. The highest BCUT2D eigenvalue weighted by Gasteiger charge is 2.22. The van der Waals surface area contributed by atoms with Crippen LogP contribution in [0.5, 0.6) is 0 Å². The van der Waals surface area contributed by atoms with Gasteiger partial charge in [0.15, 0.2) is 12.4 Å². The van der Waals surface area contributed by atoms with Crippen LogP contribution in [-0.4, -0.2) is 82.3 Å². The number of aliphatic carboxylic acids is 1. The molecule has 0 aromatic carbocycles. The Labute approximate surface area is 600 Å². The van der Waals surface area contributed by atoms with E-state index >= 15 is 0 Å². The Bertz CT molecular complexity index is 1970. The first-order chi connectivity index (χ1) is 47.6. The maximum atomic E-state index is 13.0. The Morgan fingerprint density at radius 3 is 0.887 bits per heavy atom. The molecule has 0 aliphatic carbocycles. The lowest BCUT2D eigenvalue weighted by molar-refractivity contribution is -0.870. The van der Waals surface area contributed by atoms with E-state index in [9.17, 15) is 19.5 Å². The van der Waals surface area contributed by atoms with Crippen LogP contribution in [0.2, 0.25) is 0 Å². The molecule has 2 atom stereocenters. The number of ether oxygens (including phenoxy) is 4. The number of rotatable bonds is 76. The number of carbonyl (C=O) groups is 3. The standard InChI is InChI=1S/C88H155NO8/c1-6-8-10-12-14-16-18-20-22-24-26-28-30-32-34-36-38-40-42-43-45-46-48-50-52-54-56-58-60-62-64-66-68-70-72-74-76-78-85(90)95-82-84(83-96-88(87(92)93)94-81-80-89(3,4)5)97-86(91)79-77-75-73-71-69-67-65-63-61-59-57-55-53-51-49-47-44-41-39-37-35-33-31-29-27-25-23-21-19-17-15-13-11-9-7-2/h9,11,15,17,21,23-24,26-27,29,33,35,39,41,47,49,53,55,84,88H,6-8,10,12-14,16,18-20,22,25,28,30-32,34,36-38,40,42-46,48,50-52,54,56-83H2,1-5H3/b11-9-,17-15-,23-21-,26-24-,29-27-,35-33-,41-39-,49-47-,55-53-. The number of unbranched alkanes of at least 4 members (excludes halogenated alkanes) is 43. The van der Waals surface area contributed by atoms with Crippen molar-refractivity contribution in [1.29, 1.82) is 0 Å². The molecule has 0 spiro atoms. The van der Waals surface area contributed by atoms with Crippen LogP contribution < -0.4 is 5.11 Å². The van der Waals surface area contributed by atoms with Gasteiger partial charge in [0.25, 0.3) is 0 Å². The molecule has 0 fully saturated rings. The Morgan fingerprint density at radius 1 is 0.320 bits per heavy atom. The summed E-state index contributed by atoms with van der Waals surface area (Å²) in [7, 11) is 5.94. The van der Waals surface area contributed by atoms with Gasteiger partial charge in [-0.05, 0) is 103 Å². The number of likely N-dealkylation sites (N-methyl/N-ethyl adjacent to an activating group) is 1. The predicted octanol–water partition coefficient (Wildman–Crippen LogP) is 25.1. The summed E-state index contributed by atoms with van der Waals surface area (Å²) in [6.07, 6.45) is 106. The lowest BCUT2D eigenvalue weighted by atomic mass is 10.0. The van der Waals surface area contributed by atoms with Crippen molar-refractivity contribution in [2.45, 2.75) is 386 Å². The molecule has 0 saturated heterocycles. The van der Waals surface area contributed by atoms with Gasteiger partial charge in [0.1, 0.15) is 13.2 Å². The van der Waals surface area contributed by atoms with E-state index in [0.29, 0.717) is 23.9 Å². The first-order valence-electron chi connectivity index (χ1n) is 41.0. The van der Waals surface area contributed by atoms with Crippen LogP contribution in [0, 0.1) is 0 Å². The van der Waals surface area contributed by atoms with Gasteiger partial charge in [-0.15, -0.1) is 0 Å². The molecule has 9 heteroatoms. The Balaban J connectivity index is 4.03. The second-order valence-electron chi connectivity index (χ2n) is 28.7. The van der Waals surface area contributed by atoms with Crippen molar-refractivity contribution in [1.82, 2.24) is 0 Å². The summed E-state index contributed by atoms with van der Waals surface area (Å²) in [6, 6.07) is 0. The molecule has 0 rings (SSSR count). The average Bonchev–Trinajstić information content (AvgIpc) is 3.74. The third kappa shape index (κ3) is 79.2. The number of hydrogen-bond acceptors (Lipinski definition) is 8. The fourth-order valence-electron chi connectivity index (χ4n) is 11.8. The minimum absolute atomic E-state index is 0.144. The number of carboxylic acid groups (broad SMARTS) is 1. The topological polar surface area (TPSA) is 111 Å². The molecule has 0 saturated carbocycles. The summed E-state index contributed by atoms with van der Waals surface area (Å²) in [4.78, 5) is 37.6. The monoisotopic (exact) mass is 1350 g/mol. The van der Waals surface area contributed by atoms with Gasteiger partial charge in [-0.25, -0.2) is 0 Å². The molecule has 0 aromatic rings. The molecule has 0 aliphatic rings. The number of quaternary nitrogens is 1. The van der Waals surface area contributed by atoms with Crippen LogP contribution in [0.3, 0.4) is 0 Å². The normalized spacial score (nSPS) is 13.2. The van der Waals surface area contributed by atoms with Gasteiger partial charge in [0, 0.05) is 12.8 Å². The van der Waals surface area contributed by atoms with Crippen LogP contribution in [0.25, 0.3) is 0 Å². The third-order valence-corrected chi connectivity index (χ3v) is 18.0. The van der Waals surface area contributed by atoms with E-state index in [0.717, 1.165) is 96.3 Å². The lowest BCUT2D eigenvalue weighted by Gasteiger charge is -2.26. The molecule has 9 nitrogen and oxygen atoms in total. The Morgan fingerprint density at radius 2 is 0.588 bits per heavy atom. The van der Waals surface area contributed by atoms with Crippen LogP contribution >= 0.6 is 0 Å². The van der Waals surface area contributed by atoms with Crippen LogP contribution in [0.1, 0.15) is 373 Å². The van der Waals surface area contributed by atoms with Crippen molar-refractivity contribution in [3.8, 4) is 0 Å². The summed E-state index contributed by atoms with van der Waals surface area (Å²) >= 11 is 0. The van der Waals surface area contributed by atoms with Crippen molar-refractivity contribution in [3.05, 3.63) is 109 Å². The second-order valence-corrected chi connectivity index (χ2v) is 28.7. The van der Waals surface area contributed by atoms with Gasteiger partial charge >= 0.3 is 11.9 Å². The molecule has 0 radical (unpaired) electrons. The molecule has 0 aromatic heterocycles. The molecule has 97 heavy (non-hydrogen) atoms. The maximum absolute atomic E-state index is 13.0. The van der Waals surface area contributed by atoms with E-state index in [-0.39, 0.29) is 32.2 Å². The smallest absolute Gasteiger partial charge is 0.306 e. The van der Waals surface area contributed by atoms with Gasteiger partial charge in [0.05, 0.1) is 40.3 Å². The van der Waals surface area contributed by atoms with Crippen molar-refractivity contribution in [3.63, 3.8) is 0 Å². The van der Waals surface area contributed by atoms with E-state index in [1.165, 1.54) is 244 Å². The SMILES string of the molecule is CC/C=C\C/C=C\C/C=C\C/C=C\C/C=C\C/C=C\C/C=C\C/C=C\CCCCCCCCCCCCC(=O)OC(COC(=O)CCCCCCCCCCCCCCCCCCCCCCCCCCC/C=C\CCCCCCCCCC)COC(OCC[N+](C)(C)C)C(=O)[O-]. The fraction of sp³-hybridized carbons (Fsp3) is 0.761. The van der Waals surface area contributed by atoms with Crippen molar-refractivity contribution in [2.75, 3.05) is 47.5 Å². The minimum atomic E-state index is -1.63. The van der Waals surface area contributed by atoms with E-state index in [1.54, 1.807) is 0 Å². The molecular weight excluding hydrogens is 1200 g/mol. The van der Waals surface area contributed by atoms with Crippen molar-refractivity contribution in [2.24, 2.45) is 0 Å². The van der Waals surface area contributed by atoms with Crippen LogP contribution in [-0.2, 0) is 33.3 Å². The van der Waals surface area contributed by atoms with Gasteiger partial charge < -0.3 is 33.3 Å². The fourth-order valence-corrected chi connectivity index (χ4v) is 11.8. The van der Waals surface area contributed by atoms with Crippen LogP contribution in [0.4, 0.5) is 0 Å². The molecule has 0 aliphatic heterocycles. The zero-order valence-corrected chi connectivity index (χ0v) is 64.2. The number of allylic oxidation sites excluding steroid dienone is 18. The summed E-state index contributed by atoms with van der Waals surface area (Å²) in [5, 5.41) is 11.9. The number of carboxylic acids is 1. The summed E-state index contributed by atoms with van der Waals surface area (Å²) in [5.41, 5.74) is 0. The largest absolute Gasteiger partial charge is 0.545 e. The highest BCUT2D eigenvalue weighted by atomic mass is 16.7. The summed E-state index contributed by atoms with van der Waals surface area (Å²) in [5.74, 6) is -2.28. The second kappa shape index (κ2) is 77.7. The van der Waals surface area contributed by atoms with Crippen LogP contribution in [0.15, 0.2) is 109 Å². The molecule has 2 unspecified atom stereocenters. The number of esters is 2. The first kappa shape index (κ1) is 93.0.